The quantitative estimate of drug-likeness (QED) is 0.771. The fourth-order valence-corrected chi connectivity index (χ4v) is 3.54. The molecule has 1 fully saturated rings. The van der Waals surface area contributed by atoms with Gasteiger partial charge < -0.3 is 9.84 Å². The first-order valence-corrected chi connectivity index (χ1v) is 8.43. The Kier molecular flexibility index (Phi) is 5.38. The first-order valence-electron chi connectivity index (χ1n) is 8.05. The monoisotopic (exact) mass is 324 g/mol. The van der Waals surface area contributed by atoms with Gasteiger partial charge in [0.15, 0.2) is 0 Å². The van der Waals surface area contributed by atoms with Crippen molar-refractivity contribution in [2.45, 2.75) is 52.9 Å². The van der Waals surface area contributed by atoms with Crippen LogP contribution in [0.15, 0.2) is 6.07 Å². The topological polar surface area (TPSA) is 46.5 Å². The van der Waals surface area contributed by atoms with Gasteiger partial charge >= 0.3 is 5.97 Å². The van der Waals surface area contributed by atoms with E-state index in [1.54, 1.807) is 0 Å². The standard InChI is InChI=1S/C18H25ClO3/c1-5-12(8-13-9-14(13)18(20)21)16-11(4)17(19)10(3)7-15(16)22-6-2/h7,12-14H,5-6,8-9H2,1-4H3,(H,20,21). The molecule has 3 nitrogen and oxygen atoms in total. The maximum atomic E-state index is 11.1. The SMILES string of the molecule is CCOc1cc(C)c(Cl)c(C)c1C(CC)CC1CC1C(=O)O. The van der Waals surface area contributed by atoms with Crippen LogP contribution >= 0.6 is 11.6 Å². The zero-order valence-electron chi connectivity index (χ0n) is 13.8. The summed E-state index contributed by atoms with van der Waals surface area (Å²) in [7, 11) is 0. The minimum absolute atomic E-state index is 0.161. The van der Waals surface area contributed by atoms with Crippen molar-refractivity contribution in [3.05, 3.63) is 27.8 Å². The summed E-state index contributed by atoms with van der Waals surface area (Å²) in [6.45, 7) is 8.77. The Morgan fingerprint density at radius 1 is 1.45 bits per heavy atom. The van der Waals surface area contributed by atoms with Crippen LogP contribution in [0.5, 0.6) is 5.75 Å². The third kappa shape index (κ3) is 3.40. The Hall–Kier alpha value is -1.22. The largest absolute Gasteiger partial charge is 0.494 e. The molecule has 0 spiro atoms. The van der Waals surface area contributed by atoms with E-state index < -0.39 is 5.97 Å². The zero-order chi connectivity index (χ0) is 16.4. The van der Waals surface area contributed by atoms with Crippen LogP contribution in [0, 0.1) is 25.7 Å². The van der Waals surface area contributed by atoms with Crippen molar-refractivity contribution in [3.8, 4) is 5.75 Å². The van der Waals surface area contributed by atoms with Crippen LogP contribution in [0.3, 0.4) is 0 Å². The zero-order valence-corrected chi connectivity index (χ0v) is 14.5. The number of halogens is 1. The van der Waals surface area contributed by atoms with Crippen molar-refractivity contribution in [2.75, 3.05) is 6.61 Å². The minimum atomic E-state index is -0.663. The fourth-order valence-electron chi connectivity index (χ4n) is 3.38. The predicted molar refractivity (Wildman–Crippen MR) is 89.0 cm³/mol. The van der Waals surface area contributed by atoms with Crippen LogP contribution in [-0.4, -0.2) is 17.7 Å². The van der Waals surface area contributed by atoms with Crippen LogP contribution < -0.4 is 4.74 Å². The van der Waals surface area contributed by atoms with Crippen molar-refractivity contribution in [3.63, 3.8) is 0 Å². The second-order valence-corrected chi connectivity index (χ2v) is 6.64. The van der Waals surface area contributed by atoms with E-state index in [9.17, 15) is 4.79 Å². The third-order valence-electron chi connectivity index (χ3n) is 4.72. The Morgan fingerprint density at radius 3 is 2.64 bits per heavy atom. The number of carboxylic acids is 1. The van der Waals surface area contributed by atoms with Crippen molar-refractivity contribution >= 4 is 17.6 Å². The van der Waals surface area contributed by atoms with Crippen LogP contribution in [0.2, 0.25) is 5.02 Å². The summed E-state index contributed by atoms with van der Waals surface area (Å²) < 4.78 is 5.84. The van der Waals surface area contributed by atoms with E-state index >= 15 is 0 Å². The number of carbonyl (C=O) groups is 1. The van der Waals surface area contributed by atoms with Gasteiger partial charge in [0.05, 0.1) is 12.5 Å². The molecule has 0 amide bonds. The summed E-state index contributed by atoms with van der Waals surface area (Å²) in [4.78, 5) is 11.1. The lowest BCUT2D eigenvalue weighted by Gasteiger charge is -2.23. The molecule has 1 aliphatic rings. The Bertz CT molecular complexity index is 568. The van der Waals surface area contributed by atoms with Gasteiger partial charge in [0.1, 0.15) is 5.75 Å². The molecule has 1 saturated carbocycles. The van der Waals surface area contributed by atoms with Crippen molar-refractivity contribution in [1.29, 1.82) is 0 Å². The average Bonchev–Trinajstić information content (AvgIpc) is 3.23. The van der Waals surface area contributed by atoms with Gasteiger partial charge in [-0.2, -0.15) is 0 Å². The second-order valence-electron chi connectivity index (χ2n) is 6.26. The molecule has 2 rings (SSSR count). The molecule has 22 heavy (non-hydrogen) atoms. The van der Waals surface area contributed by atoms with Gasteiger partial charge in [-0.05, 0) is 69.1 Å². The molecule has 1 aromatic carbocycles. The number of carboxylic acid groups (broad SMARTS) is 1. The van der Waals surface area contributed by atoms with Crippen molar-refractivity contribution in [2.24, 2.45) is 11.8 Å². The molecule has 0 radical (unpaired) electrons. The predicted octanol–water partition coefficient (Wildman–Crippen LogP) is 4.96. The maximum absolute atomic E-state index is 11.1. The molecule has 1 aliphatic carbocycles. The number of ether oxygens (including phenoxy) is 1. The molecule has 3 unspecified atom stereocenters. The van der Waals surface area contributed by atoms with Gasteiger partial charge in [-0.25, -0.2) is 0 Å². The Labute approximate surface area is 137 Å². The Morgan fingerprint density at radius 2 is 2.14 bits per heavy atom. The summed E-state index contributed by atoms with van der Waals surface area (Å²) in [5, 5.41) is 9.90. The highest BCUT2D eigenvalue weighted by molar-refractivity contribution is 6.32. The van der Waals surface area contributed by atoms with Crippen LogP contribution in [0.25, 0.3) is 0 Å². The van der Waals surface area contributed by atoms with E-state index in [0.29, 0.717) is 12.5 Å². The number of rotatable bonds is 7. The molecule has 0 aromatic heterocycles. The smallest absolute Gasteiger partial charge is 0.306 e. The summed E-state index contributed by atoms with van der Waals surface area (Å²) in [5.41, 5.74) is 3.26. The van der Waals surface area contributed by atoms with E-state index in [1.807, 2.05) is 26.8 Å². The molecular formula is C18H25ClO3. The van der Waals surface area contributed by atoms with E-state index in [1.165, 1.54) is 0 Å². The van der Waals surface area contributed by atoms with Crippen molar-refractivity contribution in [1.82, 2.24) is 0 Å². The molecule has 0 heterocycles. The van der Waals surface area contributed by atoms with Gasteiger partial charge in [-0.15, -0.1) is 0 Å². The van der Waals surface area contributed by atoms with E-state index in [2.05, 4.69) is 6.92 Å². The lowest BCUT2D eigenvalue weighted by molar-refractivity contribution is -0.138. The first-order chi connectivity index (χ1) is 10.4. The van der Waals surface area contributed by atoms with Gasteiger partial charge in [0, 0.05) is 10.6 Å². The lowest BCUT2D eigenvalue weighted by Crippen LogP contribution is -2.09. The highest BCUT2D eigenvalue weighted by Gasteiger charge is 2.44. The van der Waals surface area contributed by atoms with E-state index in [0.717, 1.165) is 46.7 Å². The van der Waals surface area contributed by atoms with Gasteiger partial charge in [-0.1, -0.05) is 18.5 Å². The highest BCUT2D eigenvalue weighted by atomic mass is 35.5. The summed E-state index contributed by atoms with van der Waals surface area (Å²) in [6, 6.07) is 2.01. The third-order valence-corrected chi connectivity index (χ3v) is 5.30. The average molecular weight is 325 g/mol. The van der Waals surface area contributed by atoms with Gasteiger partial charge in [0.25, 0.3) is 0 Å². The summed E-state index contributed by atoms with van der Waals surface area (Å²) >= 11 is 6.44. The van der Waals surface area contributed by atoms with E-state index in [-0.39, 0.29) is 11.8 Å². The number of benzene rings is 1. The molecule has 4 heteroatoms. The maximum Gasteiger partial charge on any atom is 0.306 e. The number of hydrogen-bond donors (Lipinski definition) is 1. The number of aliphatic carboxylic acids is 1. The molecule has 0 bridgehead atoms. The highest BCUT2D eigenvalue weighted by Crippen LogP contribution is 2.48. The van der Waals surface area contributed by atoms with E-state index in [4.69, 9.17) is 21.4 Å². The normalized spacial score (nSPS) is 21.5. The minimum Gasteiger partial charge on any atom is -0.494 e. The van der Waals surface area contributed by atoms with Gasteiger partial charge in [0.2, 0.25) is 0 Å². The second kappa shape index (κ2) is 6.91. The fraction of sp³-hybridized carbons (Fsp3) is 0.611. The van der Waals surface area contributed by atoms with Gasteiger partial charge in [-0.3, -0.25) is 4.79 Å². The number of hydrogen-bond acceptors (Lipinski definition) is 2. The van der Waals surface area contributed by atoms with Crippen LogP contribution in [0.4, 0.5) is 0 Å². The first kappa shape index (κ1) is 17.1. The molecular weight excluding hydrogens is 300 g/mol. The summed E-state index contributed by atoms with van der Waals surface area (Å²) in [6.07, 6.45) is 2.66. The molecule has 1 N–H and O–H groups in total. The summed E-state index contributed by atoms with van der Waals surface area (Å²) in [5.74, 6) is 0.668. The van der Waals surface area contributed by atoms with Crippen molar-refractivity contribution < 1.29 is 14.6 Å². The molecule has 0 saturated heterocycles. The number of aryl methyl sites for hydroxylation is 1. The molecule has 0 aliphatic heterocycles. The molecule has 122 valence electrons. The molecule has 3 atom stereocenters. The lowest BCUT2D eigenvalue weighted by atomic mass is 9.86. The van der Waals surface area contributed by atoms with Crippen LogP contribution in [0.1, 0.15) is 55.7 Å². The Balaban J connectivity index is 2.31. The van der Waals surface area contributed by atoms with Crippen LogP contribution in [-0.2, 0) is 4.79 Å². The molecule has 1 aromatic rings.